The summed E-state index contributed by atoms with van der Waals surface area (Å²) in [6.07, 6.45) is 3.41. The fourth-order valence-electron chi connectivity index (χ4n) is 2.51. The summed E-state index contributed by atoms with van der Waals surface area (Å²) in [7, 11) is 0. The number of carbonyl (C=O) groups is 1. The largest absolute Gasteiger partial charge is 0.354 e. The van der Waals surface area contributed by atoms with Crippen molar-refractivity contribution in [1.82, 2.24) is 5.32 Å². The van der Waals surface area contributed by atoms with Crippen LogP contribution in [-0.2, 0) is 11.2 Å². The van der Waals surface area contributed by atoms with Crippen LogP contribution in [0, 0.1) is 22.6 Å². The van der Waals surface area contributed by atoms with E-state index in [9.17, 15) is 14.4 Å². The van der Waals surface area contributed by atoms with Gasteiger partial charge in [-0.3, -0.25) is 4.79 Å². The van der Waals surface area contributed by atoms with Crippen molar-refractivity contribution in [2.24, 2.45) is 5.41 Å². The molecule has 1 aromatic carbocycles. The second-order valence-electron chi connectivity index (χ2n) is 5.33. The molecule has 0 aliphatic heterocycles. The van der Waals surface area contributed by atoms with Gasteiger partial charge in [-0.1, -0.05) is 38.8 Å². The van der Waals surface area contributed by atoms with Gasteiger partial charge in [0.15, 0.2) is 0 Å². The molecule has 0 aromatic heterocycles. The zero-order valence-electron chi connectivity index (χ0n) is 12.8. The molecule has 4 heteroatoms. The SMILES string of the molecule is CCCC(C#N)(CCC)C(=O)NCCc1ccc(F)cc1. The summed E-state index contributed by atoms with van der Waals surface area (Å²) in [4.78, 5) is 12.3. The Morgan fingerprint density at radius 2 is 1.81 bits per heavy atom. The molecule has 0 fully saturated rings. The first-order valence-corrected chi connectivity index (χ1v) is 7.52. The highest BCUT2D eigenvalue weighted by Crippen LogP contribution is 2.29. The quantitative estimate of drug-likeness (QED) is 0.795. The van der Waals surface area contributed by atoms with Crippen LogP contribution in [0.15, 0.2) is 24.3 Å². The number of benzene rings is 1. The predicted octanol–water partition coefficient (Wildman–Crippen LogP) is 3.59. The Morgan fingerprint density at radius 3 is 2.29 bits per heavy atom. The zero-order valence-corrected chi connectivity index (χ0v) is 12.8. The molecule has 0 saturated heterocycles. The molecule has 0 bridgehead atoms. The number of nitrogens with zero attached hydrogens (tertiary/aromatic N) is 1. The van der Waals surface area contributed by atoms with E-state index in [0.29, 0.717) is 25.8 Å². The van der Waals surface area contributed by atoms with E-state index in [0.717, 1.165) is 18.4 Å². The summed E-state index contributed by atoms with van der Waals surface area (Å²) in [6, 6.07) is 8.44. The Morgan fingerprint density at radius 1 is 1.24 bits per heavy atom. The molecule has 0 heterocycles. The van der Waals surface area contributed by atoms with E-state index < -0.39 is 5.41 Å². The van der Waals surface area contributed by atoms with Gasteiger partial charge in [-0.15, -0.1) is 0 Å². The van der Waals surface area contributed by atoms with Crippen LogP contribution in [0.1, 0.15) is 45.1 Å². The van der Waals surface area contributed by atoms with Crippen LogP contribution in [0.4, 0.5) is 4.39 Å². The molecule has 0 radical (unpaired) electrons. The Bertz CT molecular complexity index is 485. The van der Waals surface area contributed by atoms with Crippen LogP contribution < -0.4 is 5.32 Å². The van der Waals surface area contributed by atoms with Crippen molar-refractivity contribution in [2.45, 2.75) is 46.0 Å². The highest BCUT2D eigenvalue weighted by Gasteiger charge is 2.36. The molecule has 0 aliphatic carbocycles. The maximum Gasteiger partial charge on any atom is 0.240 e. The molecule has 0 spiro atoms. The van der Waals surface area contributed by atoms with Crippen molar-refractivity contribution in [3.63, 3.8) is 0 Å². The number of rotatable bonds is 8. The number of hydrogen-bond acceptors (Lipinski definition) is 2. The smallest absolute Gasteiger partial charge is 0.240 e. The Hall–Kier alpha value is -1.89. The van der Waals surface area contributed by atoms with E-state index in [4.69, 9.17) is 0 Å². The lowest BCUT2D eigenvalue weighted by Crippen LogP contribution is -2.41. The van der Waals surface area contributed by atoms with Gasteiger partial charge >= 0.3 is 0 Å². The number of halogens is 1. The van der Waals surface area contributed by atoms with Crippen LogP contribution in [0.2, 0.25) is 0 Å². The molecule has 0 saturated carbocycles. The minimum Gasteiger partial charge on any atom is -0.354 e. The molecule has 21 heavy (non-hydrogen) atoms. The number of nitrogens with one attached hydrogen (secondary N) is 1. The third-order valence-corrected chi connectivity index (χ3v) is 3.61. The molecule has 0 atom stereocenters. The summed E-state index contributed by atoms with van der Waals surface area (Å²) in [5.74, 6) is -0.451. The van der Waals surface area contributed by atoms with E-state index in [1.54, 1.807) is 12.1 Å². The fourth-order valence-corrected chi connectivity index (χ4v) is 2.51. The normalized spacial score (nSPS) is 11.0. The zero-order chi connectivity index (χ0) is 15.7. The molecule has 3 nitrogen and oxygen atoms in total. The van der Waals surface area contributed by atoms with E-state index in [1.807, 2.05) is 13.8 Å². The Kier molecular flexibility index (Phi) is 6.87. The number of amides is 1. The molecule has 1 aromatic rings. The summed E-state index contributed by atoms with van der Waals surface area (Å²) in [5.41, 5.74) is 0.0528. The molecule has 0 aliphatic rings. The first-order chi connectivity index (χ1) is 10.1. The van der Waals surface area contributed by atoms with Crippen LogP contribution in [0.5, 0.6) is 0 Å². The van der Waals surface area contributed by atoms with Gasteiger partial charge < -0.3 is 5.32 Å². The second kappa shape index (κ2) is 8.41. The first kappa shape index (κ1) is 17.2. The summed E-state index contributed by atoms with van der Waals surface area (Å²) in [5, 5.41) is 12.3. The summed E-state index contributed by atoms with van der Waals surface area (Å²) < 4.78 is 12.8. The van der Waals surface area contributed by atoms with Gasteiger partial charge in [-0.05, 0) is 37.0 Å². The lowest BCUT2D eigenvalue weighted by atomic mass is 9.80. The third kappa shape index (κ3) is 4.86. The molecule has 1 amide bonds. The van der Waals surface area contributed by atoms with E-state index in [1.165, 1.54) is 12.1 Å². The topological polar surface area (TPSA) is 52.9 Å². The maximum atomic E-state index is 12.8. The van der Waals surface area contributed by atoms with Gasteiger partial charge in [-0.2, -0.15) is 5.26 Å². The lowest BCUT2D eigenvalue weighted by molar-refractivity contribution is -0.128. The molecule has 114 valence electrons. The molecule has 1 N–H and O–H groups in total. The van der Waals surface area contributed by atoms with E-state index in [2.05, 4.69) is 11.4 Å². The van der Waals surface area contributed by atoms with Crippen LogP contribution in [0.3, 0.4) is 0 Å². The average molecular weight is 290 g/mol. The van der Waals surface area contributed by atoms with E-state index >= 15 is 0 Å². The van der Waals surface area contributed by atoms with E-state index in [-0.39, 0.29) is 11.7 Å². The van der Waals surface area contributed by atoms with Crippen molar-refractivity contribution in [1.29, 1.82) is 5.26 Å². The Balaban J connectivity index is 2.57. The molecule has 0 unspecified atom stereocenters. The molecule has 1 rings (SSSR count). The van der Waals surface area contributed by atoms with Crippen molar-refractivity contribution in [3.05, 3.63) is 35.6 Å². The van der Waals surface area contributed by atoms with Crippen molar-refractivity contribution < 1.29 is 9.18 Å². The summed E-state index contributed by atoms with van der Waals surface area (Å²) in [6.45, 7) is 4.42. The number of nitriles is 1. The maximum absolute atomic E-state index is 12.8. The van der Waals surface area contributed by atoms with Gasteiger partial charge in [0.1, 0.15) is 11.2 Å². The summed E-state index contributed by atoms with van der Waals surface area (Å²) >= 11 is 0. The highest BCUT2D eigenvalue weighted by molar-refractivity contribution is 5.85. The van der Waals surface area contributed by atoms with Crippen molar-refractivity contribution in [2.75, 3.05) is 6.54 Å². The highest BCUT2D eigenvalue weighted by atomic mass is 19.1. The van der Waals surface area contributed by atoms with Crippen LogP contribution in [-0.4, -0.2) is 12.5 Å². The Labute approximate surface area is 126 Å². The average Bonchev–Trinajstić information content (AvgIpc) is 2.48. The lowest BCUT2D eigenvalue weighted by Gasteiger charge is -2.24. The minimum absolute atomic E-state index is 0.184. The van der Waals surface area contributed by atoms with Gasteiger partial charge in [0.25, 0.3) is 0 Å². The minimum atomic E-state index is -0.910. The van der Waals surface area contributed by atoms with Gasteiger partial charge in [-0.25, -0.2) is 4.39 Å². The number of hydrogen-bond donors (Lipinski definition) is 1. The fraction of sp³-hybridized carbons (Fsp3) is 0.529. The predicted molar refractivity (Wildman–Crippen MR) is 81.0 cm³/mol. The van der Waals surface area contributed by atoms with Gasteiger partial charge in [0.2, 0.25) is 5.91 Å². The molecular formula is C17H23FN2O. The van der Waals surface area contributed by atoms with Gasteiger partial charge in [0.05, 0.1) is 6.07 Å². The van der Waals surface area contributed by atoms with Crippen LogP contribution in [0.25, 0.3) is 0 Å². The van der Waals surface area contributed by atoms with Crippen LogP contribution >= 0.6 is 0 Å². The first-order valence-electron chi connectivity index (χ1n) is 7.52. The van der Waals surface area contributed by atoms with Crippen molar-refractivity contribution >= 4 is 5.91 Å². The standard InChI is InChI=1S/C17H23FN2O/c1-3-10-17(13-19,11-4-2)16(21)20-12-9-14-5-7-15(18)8-6-14/h5-8H,3-4,9-12H2,1-2H3,(H,20,21). The van der Waals surface area contributed by atoms with Crippen molar-refractivity contribution in [3.8, 4) is 6.07 Å². The monoisotopic (exact) mass is 290 g/mol. The third-order valence-electron chi connectivity index (χ3n) is 3.61. The number of carbonyl (C=O) groups excluding carboxylic acids is 1. The molecular weight excluding hydrogens is 267 g/mol. The van der Waals surface area contributed by atoms with Gasteiger partial charge in [0, 0.05) is 6.54 Å². The second-order valence-corrected chi connectivity index (χ2v) is 5.33.